The largest absolute Gasteiger partial charge is 0.490 e. The van der Waals surface area contributed by atoms with Gasteiger partial charge in [0.05, 0.1) is 29.9 Å². The highest BCUT2D eigenvalue weighted by molar-refractivity contribution is 9.10. The van der Waals surface area contributed by atoms with Gasteiger partial charge >= 0.3 is 0 Å². The van der Waals surface area contributed by atoms with Gasteiger partial charge in [-0.05, 0) is 22.0 Å². The summed E-state index contributed by atoms with van der Waals surface area (Å²) in [6.45, 7) is 1.06. The summed E-state index contributed by atoms with van der Waals surface area (Å²) >= 11 is 15.1. The normalized spacial score (nSPS) is 10.5. The molecule has 0 unspecified atom stereocenters. The summed E-state index contributed by atoms with van der Waals surface area (Å²) in [6, 6.07) is 3.31. The Morgan fingerprint density at radius 1 is 1.12 bits per heavy atom. The molecule has 3 nitrogen and oxygen atoms in total. The predicted octanol–water partition coefficient (Wildman–Crippen LogP) is 3.14. The fourth-order valence-electron chi connectivity index (χ4n) is 0.992. The van der Waals surface area contributed by atoms with Crippen LogP contribution in [0, 0.1) is 0 Å². The van der Waals surface area contributed by atoms with Crippen molar-refractivity contribution in [3.8, 4) is 5.75 Å². The molecule has 0 aromatic heterocycles. The summed E-state index contributed by atoms with van der Waals surface area (Å²) in [5, 5.41) is 9.51. The van der Waals surface area contributed by atoms with Gasteiger partial charge in [-0.3, -0.25) is 0 Å². The van der Waals surface area contributed by atoms with Crippen LogP contribution in [0.15, 0.2) is 16.6 Å². The van der Waals surface area contributed by atoms with Crippen molar-refractivity contribution in [2.75, 3.05) is 26.4 Å². The van der Waals surface area contributed by atoms with Crippen LogP contribution in [-0.2, 0) is 4.74 Å². The van der Waals surface area contributed by atoms with Crippen LogP contribution >= 0.6 is 39.1 Å². The molecule has 0 aliphatic heterocycles. The second kappa shape index (κ2) is 7.35. The third-order valence-electron chi connectivity index (χ3n) is 1.70. The zero-order chi connectivity index (χ0) is 12.0. The van der Waals surface area contributed by atoms with E-state index in [1.54, 1.807) is 12.1 Å². The zero-order valence-electron chi connectivity index (χ0n) is 8.38. The molecular weight excluding hydrogens is 319 g/mol. The van der Waals surface area contributed by atoms with Crippen LogP contribution in [0.25, 0.3) is 0 Å². The summed E-state index contributed by atoms with van der Waals surface area (Å²) in [6.07, 6.45) is 0. The Morgan fingerprint density at radius 3 is 2.56 bits per heavy atom. The first-order chi connectivity index (χ1) is 7.65. The monoisotopic (exact) mass is 328 g/mol. The number of hydrogen-bond acceptors (Lipinski definition) is 3. The topological polar surface area (TPSA) is 38.7 Å². The molecule has 0 bridgehead atoms. The first kappa shape index (κ1) is 14.1. The Labute approximate surface area is 112 Å². The van der Waals surface area contributed by atoms with Crippen molar-refractivity contribution in [3.05, 3.63) is 26.7 Å². The summed E-state index contributed by atoms with van der Waals surface area (Å²) in [4.78, 5) is 0. The van der Waals surface area contributed by atoms with Crippen molar-refractivity contribution < 1.29 is 14.6 Å². The molecule has 0 aliphatic rings. The van der Waals surface area contributed by atoms with Crippen molar-refractivity contribution in [3.63, 3.8) is 0 Å². The Morgan fingerprint density at radius 2 is 1.88 bits per heavy atom. The molecule has 0 spiro atoms. The Bertz CT molecular complexity index is 347. The molecule has 0 fully saturated rings. The lowest BCUT2D eigenvalue weighted by atomic mass is 10.3. The minimum atomic E-state index is 0.00483. The highest BCUT2D eigenvalue weighted by atomic mass is 79.9. The van der Waals surface area contributed by atoms with Crippen molar-refractivity contribution >= 4 is 39.1 Å². The Hall–Kier alpha value is -0.0000000000000000555. The highest BCUT2D eigenvalue weighted by Crippen LogP contribution is 2.33. The van der Waals surface area contributed by atoms with Gasteiger partial charge in [0.25, 0.3) is 0 Å². The molecule has 1 aromatic rings. The second-order valence-electron chi connectivity index (χ2n) is 2.88. The van der Waals surface area contributed by atoms with Crippen LogP contribution in [-0.4, -0.2) is 31.5 Å². The van der Waals surface area contributed by atoms with E-state index in [-0.39, 0.29) is 6.61 Å². The third-order valence-corrected chi connectivity index (χ3v) is 3.19. The van der Waals surface area contributed by atoms with Crippen LogP contribution < -0.4 is 4.74 Å². The average molecular weight is 330 g/mol. The molecule has 0 radical (unpaired) electrons. The highest BCUT2D eigenvalue weighted by Gasteiger charge is 2.06. The molecular formula is C10H11BrCl2O3. The molecule has 16 heavy (non-hydrogen) atoms. The molecule has 1 rings (SSSR count). The molecule has 0 saturated heterocycles. The fraction of sp³-hybridized carbons (Fsp3) is 0.400. The van der Waals surface area contributed by atoms with E-state index in [1.807, 2.05) is 0 Å². The van der Waals surface area contributed by atoms with E-state index in [0.717, 1.165) is 4.47 Å². The van der Waals surface area contributed by atoms with Gasteiger partial charge in [0, 0.05) is 10.5 Å². The lowest BCUT2D eigenvalue weighted by Crippen LogP contribution is -2.09. The van der Waals surface area contributed by atoms with Crippen molar-refractivity contribution in [1.82, 2.24) is 0 Å². The summed E-state index contributed by atoms with van der Waals surface area (Å²) in [5.74, 6) is 0.516. The van der Waals surface area contributed by atoms with Crippen molar-refractivity contribution in [2.24, 2.45) is 0 Å². The number of aliphatic hydroxyl groups excluding tert-OH is 1. The maximum Gasteiger partial charge on any atom is 0.139 e. The molecule has 0 aliphatic carbocycles. The van der Waals surface area contributed by atoms with Crippen LogP contribution in [0.5, 0.6) is 5.75 Å². The molecule has 0 atom stereocenters. The quantitative estimate of drug-likeness (QED) is 0.643. The standard InChI is InChI=1S/C10H11BrCl2O3/c11-7-5-9(13)10(6-8(7)12)16-4-3-15-2-1-14/h5-6,14H,1-4H2. The van der Waals surface area contributed by atoms with E-state index < -0.39 is 0 Å². The SMILES string of the molecule is OCCOCCOc1cc(Cl)c(Br)cc1Cl. The second-order valence-corrected chi connectivity index (χ2v) is 4.55. The van der Waals surface area contributed by atoms with Gasteiger partial charge in [-0.25, -0.2) is 0 Å². The molecule has 1 N–H and O–H groups in total. The smallest absolute Gasteiger partial charge is 0.139 e. The molecule has 1 aromatic carbocycles. The number of benzene rings is 1. The third kappa shape index (κ3) is 4.47. The molecule has 0 saturated carbocycles. The van der Waals surface area contributed by atoms with Crippen LogP contribution in [0.4, 0.5) is 0 Å². The van der Waals surface area contributed by atoms with E-state index in [4.69, 9.17) is 37.8 Å². The maximum atomic E-state index is 8.48. The molecule has 90 valence electrons. The zero-order valence-corrected chi connectivity index (χ0v) is 11.5. The van der Waals surface area contributed by atoms with Gasteiger partial charge in [-0.15, -0.1) is 0 Å². The number of rotatable bonds is 6. The fourth-order valence-corrected chi connectivity index (χ4v) is 1.84. The minimum absolute atomic E-state index is 0.00483. The first-order valence-corrected chi connectivity index (χ1v) is 6.16. The van der Waals surface area contributed by atoms with Crippen LogP contribution in [0.1, 0.15) is 0 Å². The van der Waals surface area contributed by atoms with Crippen LogP contribution in [0.2, 0.25) is 10.0 Å². The maximum absolute atomic E-state index is 8.48. The van der Waals surface area contributed by atoms with E-state index in [2.05, 4.69) is 15.9 Å². The Balaban J connectivity index is 2.45. The predicted molar refractivity (Wildman–Crippen MR) is 67.6 cm³/mol. The average Bonchev–Trinajstić information content (AvgIpc) is 2.25. The number of halogens is 3. The number of aliphatic hydroxyl groups is 1. The van der Waals surface area contributed by atoms with Crippen molar-refractivity contribution in [1.29, 1.82) is 0 Å². The van der Waals surface area contributed by atoms with Gasteiger partial charge in [-0.2, -0.15) is 0 Å². The van der Waals surface area contributed by atoms with Gasteiger partial charge < -0.3 is 14.6 Å². The van der Waals surface area contributed by atoms with Crippen LogP contribution in [0.3, 0.4) is 0 Å². The number of ether oxygens (including phenoxy) is 2. The van der Waals surface area contributed by atoms with Gasteiger partial charge in [0.1, 0.15) is 12.4 Å². The van der Waals surface area contributed by atoms with E-state index >= 15 is 0 Å². The van der Waals surface area contributed by atoms with Gasteiger partial charge in [-0.1, -0.05) is 23.2 Å². The van der Waals surface area contributed by atoms with Crippen molar-refractivity contribution in [2.45, 2.75) is 0 Å². The van der Waals surface area contributed by atoms with E-state index in [0.29, 0.717) is 35.6 Å². The lowest BCUT2D eigenvalue weighted by molar-refractivity contribution is 0.0705. The van der Waals surface area contributed by atoms with Gasteiger partial charge in [0.15, 0.2) is 0 Å². The minimum Gasteiger partial charge on any atom is -0.490 e. The Kier molecular flexibility index (Phi) is 6.46. The van der Waals surface area contributed by atoms with Gasteiger partial charge in [0.2, 0.25) is 0 Å². The molecule has 0 heterocycles. The first-order valence-electron chi connectivity index (χ1n) is 4.61. The number of hydrogen-bond donors (Lipinski definition) is 1. The summed E-state index contributed by atoms with van der Waals surface area (Å²) in [7, 11) is 0. The molecule has 6 heteroatoms. The lowest BCUT2D eigenvalue weighted by Gasteiger charge is -2.09. The summed E-state index contributed by atoms with van der Waals surface area (Å²) < 4.78 is 11.1. The van der Waals surface area contributed by atoms with E-state index in [9.17, 15) is 0 Å². The molecule has 0 amide bonds. The van der Waals surface area contributed by atoms with E-state index in [1.165, 1.54) is 0 Å². The summed E-state index contributed by atoms with van der Waals surface area (Å²) in [5.41, 5.74) is 0.